The summed E-state index contributed by atoms with van der Waals surface area (Å²) >= 11 is 0. The molecule has 0 radical (unpaired) electrons. The van der Waals surface area contributed by atoms with Crippen LogP contribution in [0.1, 0.15) is 34.1 Å². The second-order valence-electron chi connectivity index (χ2n) is 4.82. The van der Waals surface area contributed by atoms with Crippen molar-refractivity contribution in [2.45, 2.75) is 59.2 Å². The summed E-state index contributed by atoms with van der Waals surface area (Å²) in [6, 6.07) is 0. The smallest absolute Gasteiger partial charge is 0.335 e. The number of ether oxygens (including phenoxy) is 2. The molecule has 0 saturated carbocycles. The van der Waals surface area contributed by atoms with E-state index in [-0.39, 0.29) is 5.73 Å². The lowest BCUT2D eigenvalue weighted by Gasteiger charge is -2.32. The standard InChI is InChI=1S/C13H26O4Si/c1-8-12(18(6,7)15-9-2)16-11(5)17-13(14)10(3)4/h11-12H,3,8-9H2,1-2,4-7H3. The third kappa shape index (κ3) is 5.80. The minimum Gasteiger partial charge on any atom is -0.433 e. The van der Waals surface area contributed by atoms with E-state index in [0.717, 1.165) is 6.42 Å². The number of carbonyl (C=O) groups is 1. The van der Waals surface area contributed by atoms with E-state index in [0.29, 0.717) is 12.2 Å². The summed E-state index contributed by atoms with van der Waals surface area (Å²) in [5, 5.41) is 0. The molecule has 106 valence electrons. The van der Waals surface area contributed by atoms with Crippen molar-refractivity contribution in [3.63, 3.8) is 0 Å². The Morgan fingerprint density at radius 2 is 1.89 bits per heavy atom. The molecule has 0 amide bonds. The molecule has 0 aliphatic carbocycles. The number of hydrogen-bond acceptors (Lipinski definition) is 4. The predicted molar refractivity (Wildman–Crippen MR) is 74.6 cm³/mol. The lowest BCUT2D eigenvalue weighted by Crippen LogP contribution is -2.48. The summed E-state index contributed by atoms with van der Waals surface area (Å²) in [6.45, 7) is 15.8. The van der Waals surface area contributed by atoms with Crippen molar-refractivity contribution in [3.05, 3.63) is 12.2 Å². The summed E-state index contributed by atoms with van der Waals surface area (Å²) < 4.78 is 16.7. The van der Waals surface area contributed by atoms with Crippen LogP contribution in [0, 0.1) is 0 Å². The Bertz CT molecular complexity index is 289. The molecule has 0 aromatic heterocycles. The van der Waals surface area contributed by atoms with E-state index in [9.17, 15) is 4.79 Å². The molecule has 0 saturated heterocycles. The maximum Gasteiger partial charge on any atom is 0.335 e. The van der Waals surface area contributed by atoms with E-state index in [1.165, 1.54) is 0 Å². The van der Waals surface area contributed by atoms with Gasteiger partial charge in [0.1, 0.15) is 0 Å². The van der Waals surface area contributed by atoms with Gasteiger partial charge < -0.3 is 13.9 Å². The average molecular weight is 274 g/mol. The number of hydrogen-bond donors (Lipinski definition) is 0. The zero-order valence-electron chi connectivity index (χ0n) is 12.4. The first-order valence-corrected chi connectivity index (χ1v) is 9.39. The van der Waals surface area contributed by atoms with Crippen molar-refractivity contribution in [1.29, 1.82) is 0 Å². The van der Waals surface area contributed by atoms with Crippen LogP contribution in [0.5, 0.6) is 0 Å². The topological polar surface area (TPSA) is 44.8 Å². The fraction of sp³-hybridized carbons (Fsp3) is 0.769. The fourth-order valence-electron chi connectivity index (χ4n) is 1.73. The van der Waals surface area contributed by atoms with Crippen LogP contribution in [0.25, 0.3) is 0 Å². The highest BCUT2D eigenvalue weighted by atomic mass is 28.4. The number of carbonyl (C=O) groups excluding carboxylic acids is 1. The van der Waals surface area contributed by atoms with Crippen LogP contribution in [0.3, 0.4) is 0 Å². The summed E-state index contributed by atoms with van der Waals surface area (Å²) in [5.41, 5.74) is 0.380. The molecule has 18 heavy (non-hydrogen) atoms. The highest BCUT2D eigenvalue weighted by molar-refractivity contribution is 6.72. The van der Waals surface area contributed by atoms with Crippen molar-refractivity contribution < 1.29 is 18.7 Å². The van der Waals surface area contributed by atoms with Gasteiger partial charge >= 0.3 is 5.97 Å². The molecule has 0 aliphatic rings. The maximum absolute atomic E-state index is 11.4. The van der Waals surface area contributed by atoms with Gasteiger partial charge in [-0.2, -0.15) is 0 Å². The lowest BCUT2D eigenvalue weighted by atomic mass is 10.4. The van der Waals surface area contributed by atoms with E-state index < -0.39 is 20.6 Å². The molecule has 2 unspecified atom stereocenters. The molecule has 0 N–H and O–H groups in total. The molecule has 0 spiro atoms. The fourth-order valence-corrected chi connectivity index (χ4v) is 4.16. The van der Waals surface area contributed by atoms with Crippen LogP contribution in [-0.4, -0.2) is 32.9 Å². The molecule has 0 aromatic carbocycles. The van der Waals surface area contributed by atoms with Gasteiger partial charge in [-0.3, -0.25) is 0 Å². The van der Waals surface area contributed by atoms with Gasteiger partial charge in [-0.1, -0.05) is 13.5 Å². The summed E-state index contributed by atoms with van der Waals surface area (Å²) in [6.07, 6.45) is 0.264. The third-order valence-corrected chi connectivity index (χ3v) is 5.77. The highest BCUT2D eigenvalue weighted by Gasteiger charge is 2.34. The number of esters is 1. The third-order valence-electron chi connectivity index (χ3n) is 2.64. The molecule has 0 aliphatic heterocycles. The monoisotopic (exact) mass is 274 g/mol. The van der Waals surface area contributed by atoms with Gasteiger partial charge in [0.05, 0.1) is 5.73 Å². The second-order valence-corrected chi connectivity index (χ2v) is 8.96. The van der Waals surface area contributed by atoms with Gasteiger partial charge in [0.25, 0.3) is 0 Å². The molecule has 0 fully saturated rings. The van der Waals surface area contributed by atoms with E-state index >= 15 is 0 Å². The van der Waals surface area contributed by atoms with Crippen molar-refractivity contribution in [2.24, 2.45) is 0 Å². The minimum atomic E-state index is -1.91. The van der Waals surface area contributed by atoms with Crippen molar-refractivity contribution >= 4 is 14.3 Å². The molecule has 0 bridgehead atoms. The Balaban J connectivity index is 4.45. The quantitative estimate of drug-likeness (QED) is 0.295. The molecular formula is C13H26O4Si. The molecular weight excluding hydrogens is 248 g/mol. The molecule has 4 nitrogen and oxygen atoms in total. The van der Waals surface area contributed by atoms with Gasteiger partial charge in [0, 0.05) is 12.2 Å². The molecule has 0 rings (SSSR count). The molecule has 0 heterocycles. The predicted octanol–water partition coefficient (Wildman–Crippen LogP) is 3.03. The zero-order chi connectivity index (χ0) is 14.3. The molecule has 5 heteroatoms. The van der Waals surface area contributed by atoms with Gasteiger partial charge in [-0.15, -0.1) is 0 Å². The molecule has 2 atom stereocenters. The summed E-state index contributed by atoms with van der Waals surface area (Å²) in [4.78, 5) is 11.4. The normalized spacial score (nSPS) is 15.0. The second kappa shape index (κ2) is 7.71. The lowest BCUT2D eigenvalue weighted by molar-refractivity contribution is -0.175. The SMILES string of the molecule is C=C(C)C(=O)OC(C)OC(CC)[Si](C)(C)OCC. The minimum absolute atomic E-state index is 0.00497. The Kier molecular flexibility index (Phi) is 7.43. The van der Waals surface area contributed by atoms with E-state index in [2.05, 4.69) is 19.7 Å². The maximum atomic E-state index is 11.4. The Morgan fingerprint density at radius 3 is 2.28 bits per heavy atom. The van der Waals surface area contributed by atoms with Crippen LogP contribution in [0.15, 0.2) is 12.2 Å². The Hall–Kier alpha value is -0.653. The summed E-state index contributed by atoms with van der Waals surface area (Å²) in [7, 11) is -1.91. The Labute approximate surface area is 111 Å². The van der Waals surface area contributed by atoms with Crippen LogP contribution in [0.4, 0.5) is 0 Å². The summed E-state index contributed by atoms with van der Waals surface area (Å²) in [5.74, 6) is -0.423. The van der Waals surface area contributed by atoms with Crippen LogP contribution in [-0.2, 0) is 18.7 Å². The van der Waals surface area contributed by atoms with Gasteiger partial charge in [0.15, 0.2) is 0 Å². The van der Waals surface area contributed by atoms with E-state index in [1.807, 2.05) is 13.8 Å². The van der Waals surface area contributed by atoms with Crippen molar-refractivity contribution in [1.82, 2.24) is 0 Å². The molecule has 0 aromatic rings. The van der Waals surface area contributed by atoms with Crippen LogP contribution < -0.4 is 0 Å². The van der Waals surface area contributed by atoms with Crippen LogP contribution >= 0.6 is 0 Å². The van der Waals surface area contributed by atoms with Gasteiger partial charge in [-0.25, -0.2) is 4.79 Å². The first-order valence-electron chi connectivity index (χ1n) is 6.40. The van der Waals surface area contributed by atoms with Crippen LogP contribution in [0.2, 0.25) is 13.1 Å². The zero-order valence-corrected chi connectivity index (χ0v) is 13.4. The Morgan fingerprint density at radius 1 is 1.33 bits per heavy atom. The first-order chi connectivity index (χ1) is 8.24. The number of rotatable bonds is 8. The average Bonchev–Trinajstić information content (AvgIpc) is 2.25. The van der Waals surface area contributed by atoms with E-state index in [4.69, 9.17) is 13.9 Å². The van der Waals surface area contributed by atoms with Gasteiger partial charge in [0.2, 0.25) is 14.6 Å². The van der Waals surface area contributed by atoms with E-state index in [1.54, 1.807) is 13.8 Å². The van der Waals surface area contributed by atoms with Gasteiger partial charge in [-0.05, 0) is 40.3 Å². The largest absolute Gasteiger partial charge is 0.433 e. The highest BCUT2D eigenvalue weighted by Crippen LogP contribution is 2.19. The van der Waals surface area contributed by atoms with Crippen molar-refractivity contribution in [2.75, 3.05) is 6.61 Å². The van der Waals surface area contributed by atoms with Crippen molar-refractivity contribution in [3.8, 4) is 0 Å². The first kappa shape index (κ1) is 17.3.